The van der Waals surface area contributed by atoms with Crippen molar-refractivity contribution in [2.45, 2.75) is 51.8 Å². The van der Waals surface area contributed by atoms with Gasteiger partial charge in [0.1, 0.15) is 6.04 Å². The predicted molar refractivity (Wildman–Crippen MR) is 55.0 cm³/mol. The molecule has 0 amide bonds. The third kappa shape index (κ3) is 5.19. The van der Waals surface area contributed by atoms with E-state index in [-0.39, 0.29) is 24.2 Å². The Morgan fingerprint density at radius 1 is 1.50 bits per heavy atom. The molecule has 0 aliphatic rings. The van der Waals surface area contributed by atoms with Crippen molar-refractivity contribution in [2.24, 2.45) is 0 Å². The van der Waals surface area contributed by atoms with Crippen molar-refractivity contribution in [3.63, 3.8) is 0 Å². The molecule has 0 aliphatic heterocycles. The van der Waals surface area contributed by atoms with Crippen LogP contribution in [-0.4, -0.2) is 36.4 Å². The lowest BCUT2D eigenvalue weighted by atomic mass is 10.1. The van der Waals surface area contributed by atoms with Crippen LogP contribution in [0.2, 0.25) is 0 Å². The molecular weight excluding hydrogens is 182 g/mol. The number of rotatable bonds is 6. The van der Waals surface area contributed by atoms with Crippen molar-refractivity contribution < 1.29 is 14.6 Å². The number of aliphatic hydroxyl groups excluding tert-OH is 1. The Morgan fingerprint density at radius 3 is 2.43 bits per heavy atom. The third-order valence-corrected chi connectivity index (χ3v) is 2.07. The maximum Gasteiger partial charge on any atom is 0.322 e. The van der Waals surface area contributed by atoms with E-state index in [0.29, 0.717) is 12.8 Å². The molecule has 0 bridgehead atoms. The summed E-state index contributed by atoms with van der Waals surface area (Å²) < 4.78 is 4.65. The first-order chi connectivity index (χ1) is 6.51. The van der Waals surface area contributed by atoms with Gasteiger partial charge in [-0.3, -0.25) is 4.79 Å². The van der Waals surface area contributed by atoms with Crippen LogP contribution in [-0.2, 0) is 9.53 Å². The SMILES string of the molecule is CCC(NC(C)CC(C)O)C(=O)OC. The van der Waals surface area contributed by atoms with Gasteiger partial charge in [0.15, 0.2) is 0 Å². The Balaban J connectivity index is 3.98. The highest BCUT2D eigenvalue weighted by atomic mass is 16.5. The van der Waals surface area contributed by atoms with Crippen LogP contribution in [0.5, 0.6) is 0 Å². The van der Waals surface area contributed by atoms with E-state index < -0.39 is 0 Å². The molecule has 0 heterocycles. The minimum absolute atomic E-state index is 0.110. The molecule has 0 aliphatic carbocycles. The molecule has 0 radical (unpaired) electrons. The summed E-state index contributed by atoms with van der Waals surface area (Å²) in [4.78, 5) is 11.2. The zero-order valence-corrected chi connectivity index (χ0v) is 9.41. The Hall–Kier alpha value is -0.610. The normalized spacial score (nSPS) is 17.2. The lowest BCUT2D eigenvalue weighted by Crippen LogP contribution is -2.43. The molecule has 0 aromatic rings. The molecule has 2 N–H and O–H groups in total. The number of hydrogen-bond donors (Lipinski definition) is 2. The van der Waals surface area contributed by atoms with E-state index in [2.05, 4.69) is 10.1 Å². The van der Waals surface area contributed by atoms with Gasteiger partial charge in [-0.1, -0.05) is 6.92 Å². The van der Waals surface area contributed by atoms with E-state index in [0.717, 1.165) is 0 Å². The van der Waals surface area contributed by atoms with Gasteiger partial charge in [0.25, 0.3) is 0 Å². The Labute approximate surface area is 85.6 Å². The van der Waals surface area contributed by atoms with E-state index in [1.165, 1.54) is 7.11 Å². The molecule has 3 unspecified atom stereocenters. The van der Waals surface area contributed by atoms with Crippen LogP contribution in [0.4, 0.5) is 0 Å². The van der Waals surface area contributed by atoms with Gasteiger partial charge in [-0.05, 0) is 26.7 Å². The van der Waals surface area contributed by atoms with Crippen LogP contribution in [0.1, 0.15) is 33.6 Å². The molecule has 14 heavy (non-hydrogen) atoms. The number of carbonyl (C=O) groups excluding carboxylic acids is 1. The quantitative estimate of drug-likeness (QED) is 0.623. The first kappa shape index (κ1) is 13.4. The standard InChI is InChI=1S/C10H21NO3/c1-5-9(10(13)14-4)11-7(2)6-8(3)12/h7-9,11-12H,5-6H2,1-4H3. The average molecular weight is 203 g/mol. The first-order valence-electron chi connectivity index (χ1n) is 5.03. The summed E-state index contributed by atoms with van der Waals surface area (Å²) in [6, 6.07) is -0.159. The second-order valence-electron chi connectivity index (χ2n) is 3.64. The Morgan fingerprint density at radius 2 is 2.07 bits per heavy atom. The van der Waals surface area contributed by atoms with Crippen LogP contribution in [0.3, 0.4) is 0 Å². The van der Waals surface area contributed by atoms with Crippen LogP contribution in [0.15, 0.2) is 0 Å². The second kappa shape index (κ2) is 6.79. The fourth-order valence-corrected chi connectivity index (χ4v) is 1.42. The summed E-state index contributed by atoms with van der Waals surface area (Å²) in [5.41, 5.74) is 0. The molecule has 4 heteroatoms. The average Bonchev–Trinajstić information content (AvgIpc) is 2.11. The molecule has 3 atom stereocenters. The zero-order valence-electron chi connectivity index (χ0n) is 9.41. The number of hydrogen-bond acceptors (Lipinski definition) is 4. The van der Waals surface area contributed by atoms with Crippen LogP contribution < -0.4 is 5.32 Å². The van der Waals surface area contributed by atoms with Crippen molar-refractivity contribution >= 4 is 5.97 Å². The summed E-state index contributed by atoms with van der Waals surface area (Å²) in [6.07, 6.45) is 0.970. The molecule has 0 spiro atoms. The fourth-order valence-electron chi connectivity index (χ4n) is 1.42. The molecule has 4 nitrogen and oxygen atoms in total. The van der Waals surface area contributed by atoms with Crippen molar-refractivity contribution in [2.75, 3.05) is 7.11 Å². The van der Waals surface area contributed by atoms with Gasteiger partial charge in [-0.15, -0.1) is 0 Å². The third-order valence-electron chi connectivity index (χ3n) is 2.07. The highest BCUT2D eigenvalue weighted by Gasteiger charge is 2.19. The second-order valence-corrected chi connectivity index (χ2v) is 3.64. The number of methoxy groups -OCH3 is 1. The van der Waals surface area contributed by atoms with E-state index in [1.807, 2.05) is 13.8 Å². The summed E-state index contributed by atoms with van der Waals surface area (Å²) in [6.45, 7) is 5.60. The smallest absolute Gasteiger partial charge is 0.322 e. The van der Waals surface area contributed by atoms with Crippen molar-refractivity contribution in [3.05, 3.63) is 0 Å². The maximum absolute atomic E-state index is 11.2. The van der Waals surface area contributed by atoms with Gasteiger partial charge in [0, 0.05) is 6.04 Å². The van der Waals surface area contributed by atoms with Gasteiger partial charge in [0.2, 0.25) is 0 Å². The fraction of sp³-hybridized carbons (Fsp3) is 0.900. The largest absolute Gasteiger partial charge is 0.468 e. The van der Waals surface area contributed by atoms with E-state index in [1.54, 1.807) is 6.92 Å². The molecule has 0 saturated heterocycles. The molecule has 0 rings (SSSR count). The highest BCUT2D eigenvalue weighted by molar-refractivity contribution is 5.75. The van der Waals surface area contributed by atoms with Crippen molar-refractivity contribution in [3.8, 4) is 0 Å². The summed E-state index contributed by atoms with van der Waals surface area (Å²) >= 11 is 0. The summed E-state index contributed by atoms with van der Waals surface area (Å²) in [5.74, 6) is -0.245. The van der Waals surface area contributed by atoms with Gasteiger partial charge < -0.3 is 15.2 Å². The van der Waals surface area contributed by atoms with Gasteiger partial charge >= 0.3 is 5.97 Å². The minimum Gasteiger partial charge on any atom is -0.468 e. The lowest BCUT2D eigenvalue weighted by molar-refractivity contribution is -0.143. The Bertz CT molecular complexity index is 171. The molecule has 84 valence electrons. The highest BCUT2D eigenvalue weighted by Crippen LogP contribution is 2.01. The Kier molecular flexibility index (Phi) is 6.49. The molecular formula is C10H21NO3. The zero-order chi connectivity index (χ0) is 11.1. The monoisotopic (exact) mass is 203 g/mol. The van der Waals surface area contributed by atoms with E-state index in [4.69, 9.17) is 5.11 Å². The van der Waals surface area contributed by atoms with Gasteiger partial charge in [-0.2, -0.15) is 0 Å². The molecule has 0 saturated carbocycles. The molecule has 0 fully saturated rings. The maximum atomic E-state index is 11.2. The van der Waals surface area contributed by atoms with Crippen molar-refractivity contribution in [1.29, 1.82) is 0 Å². The lowest BCUT2D eigenvalue weighted by Gasteiger charge is -2.21. The predicted octanol–water partition coefficient (Wildman–Crippen LogP) is 0.687. The van der Waals surface area contributed by atoms with Gasteiger partial charge in [0.05, 0.1) is 13.2 Å². The van der Waals surface area contributed by atoms with Gasteiger partial charge in [-0.25, -0.2) is 0 Å². The van der Waals surface area contributed by atoms with Crippen molar-refractivity contribution in [1.82, 2.24) is 5.32 Å². The van der Waals surface area contributed by atoms with Crippen LogP contribution in [0, 0.1) is 0 Å². The van der Waals surface area contributed by atoms with E-state index in [9.17, 15) is 4.79 Å². The topological polar surface area (TPSA) is 58.6 Å². The summed E-state index contributed by atoms with van der Waals surface area (Å²) in [5, 5.41) is 12.3. The summed E-state index contributed by atoms with van der Waals surface area (Å²) in [7, 11) is 1.38. The van der Waals surface area contributed by atoms with Crippen LogP contribution in [0.25, 0.3) is 0 Å². The minimum atomic E-state index is -0.354. The number of ether oxygens (including phenoxy) is 1. The molecule has 0 aromatic carbocycles. The number of esters is 1. The van der Waals surface area contributed by atoms with Crippen LogP contribution >= 0.6 is 0 Å². The number of aliphatic hydroxyl groups is 1. The number of carbonyl (C=O) groups is 1. The van der Waals surface area contributed by atoms with E-state index >= 15 is 0 Å². The number of nitrogens with one attached hydrogen (secondary N) is 1. The molecule has 0 aromatic heterocycles. The first-order valence-corrected chi connectivity index (χ1v) is 5.03.